The van der Waals surface area contributed by atoms with Crippen LogP contribution in [0.3, 0.4) is 0 Å². The Morgan fingerprint density at radius 3 is 1.95 bits per heavy atom. The van der Waals surface area contributed by atoms with Crippen molar-refractivity contribution in [1.82, 2.24) is 10.0 Å². The summed E-state index contributed by atoms with van der Waals surface area (Å²) in [6.07, 6.45) is 0.228. The van der Waals surface area contributed by atoms with Gasteiger partial charge in [0, 0.05) is 0 Å². The van der Waals surface area contributed by atoms with Crippen LogP contribution in [0.4, 0.5) is 0 Å². The lowest BCUT2D eigenvalue weighted by Crippen LogP contribution is -2.52. The lowest BCUT2D eigenvalue weighted by Gasteiger charge is -2.21. The number of aliphatic carboxylic acids is 2. The fraction of sp³-hybridized carbons (Fsp3) is 0.727. The van der Waals surface area contributed by atoms with Crippen LogP contribution in [0, 0.1) is 5.92 Å². The van der Waals surface area contributed by atoms with E-state index in [0.717, 1.165) is 6.26 Å². The molecule has 0 aromatic heterocycles. The highest BCUT2D eigenvalue weighted by Gasteiger charge is 2.29. The Morgan fingerprint density at radius 1 is 1.10 bits per heavy atom. The molecule has 1 amide bonds. The first-order chi connectivity index (χ1) is 9.42. The largest absolute Gasteiger partial charge is 0.481 e. The zero-order chi connectivity index (χ0) is 16.8. The fourth-order valence-corrected chi connectivity index (χ4v) is 2.31. The number of carbonyl (C=O) groups is 3. The standard InChI is InChI=1S/C11H20N2O7S/c1-6(2)4-7(13-21(3,19)20)10(16)12-8(11(17)18)5-9(14)15/h6-8,13H,4-5H2,1-3H3,(H,12,16)(H,14,15)(H,17,18)/t7?,8-/m1/s1. The molecule has 0 fully saturated rings. The van der Waals surface area contributed by atoms with Crippen LogP contribution in [0.5, 0.6) is 0 Å². The lowest BCUT2D eigenvalue weighted by atomic mass is 10.0. The second kappa shape index (κ2) is 7.93. The maximum Gasteiger partial charge on any atom is 0.326 e. The molecular formula is C11H20N2O7S. The van der Waals surface area contributed by atoms with E-state index in [1.54, 1.807) is 13.8 Å². The van der Waals surface area contributed by atoms with E-state index in [1.807, 2.05) is 5.32 Å². The average molecular weight is 324 g/mol. The van der Waals surface area contributed by atoms with Crippen molar-refractivity contribution in [2.45, 2.75) is 38.8 Å². The predicted molar refractivity (Wildman–Crippen MR) is 73.0 cm³/mol. The molecule has 0 rings (SSSR count). The van der Waals surface area contributed by atoms with E-state index in [4.69, 9.17) is 10.2 Å². The van der Waals surface area contributed by atoms with Gasteiger partial charge in [0.15, 0.2) is 0 Å². The number of hydrogen-bond donors (Lipinski definition) is 4. The topological polar surface area (TPSA) is 150 Å². The Morgan fingerprint density at radius 2 is 1.62 bits per heavy atom. The highest BCUT2D eigenvalue weighted by molar-refractivity contribution is 7.88. The van der Waals surface area contributed by atoms with E-state index in [2.05, 4.69) is 4.72 Å². The number of sulfonamides is 1. The summed E-state index contributed by atoms with van der Waals surface area (Å²) in [4.78, 5) is 33.4. The van der Waals surface area contributed by atoms with Crippen LogP contribution in [0.1, 0.15) is 26.7 Å². The normalized spacial score (nSPS) is 14.5. The number of hydrogen-bond acceptors (Lipinski definition) is 5. The second-order valence-electron chi connectivity index (χ2n) is 5.07. The SMILES string of the molecule is CC(C)CC(NS(C)(=O)=O)C(=O)N[C@H](CC(=O)O)C(=O)O. The molecule has 0 aliphatic heterocycles. The van der Waals surface area contributed by atoms with Crippen molar-refractivity contribution in [2.24, 2.45) is 5.92 Å². The van der Waals surface area contributed by atoms with Crippen LogP contribution in [0.15, 0.2) is 0 Å². The molecule has 0 aromatic rings. The number of nitrogens with one attached hydrogen (secondary N) is 2. The third-order valence-electron chi connectivity index (χ3n) is 2.37. The summed E-state index contributed by atoms with van der Waals surface area (Å²) in [5.41, 5.74) is 0. The Bertz CT molecular complexity index is 501. The van der Waals surface area contributed by atoms with Crippen LogP contribution in [0.25, 0.3) is 0 Å². The molecule has 122 valence electrons. The fourth-order valence-electron chi connectivity index (χ4n) is 1.59. The molecule has 2 atom stereocenters. The zero-order valence-corrected chi connectivity index (χ0v) is 12.8. The summed E-state index contributed by atoms with van der Waals surface area (Å²) >= 11 is 0. The van der Waals surface area contributed by atoms with Crippen molar-refractivity contribution in [3.05, 3.63) is 0 Å². The van der Waals surface area contributed by atoms with Gasteiger partial charge >= 0.3 is 11.9 Å². The molecular weight excluding hydrogens is 304 g/mol. The van der Waals surface area contributed by atoms with Crippen molar-refractivity contribution >= 4 is 27.9 Å². The summed E-state index contributed by atoms with van der Waals surface area (Å²) in [5, 5.41) is 19.5. The summed E-state index contributed by atoms with van der Waals surface area (Å²) < 4.78 is 24.6. The average Bonchev–Trinajstić information content (AvgIpc) is 2.23. The molecule has 0 saturated carbocycles. The first-order valence-electron chi connectivity index (χ1n) is 6.14. The van der Waals surface area contributed by atoms with Crippen molar-refractivity contribution in [3.63, 3.8) is 0 Å². The van der Waals surface area contributed by atoms with Gasteiger partial charge in [-0.1, -0.05) is 13.8 Å². The van der Waals surface area contributed by atoms with Crippen LogP contribution < -0.4 is 10.0 Å². The van der Waals surface area contributed by atoms with Gasteiger partial charge < -0.3 is 15.5 Å². The van der Waals surface area contributed by atoms with Gasteiger partial charge in [0.1, 0.15) is 12.1 Å². The molecule has 4 N–H and O–H groups in total. The number of carboxylic acid groups (broad SMARTS) is 2. The van der Waals surface area contributed by atoms with E-state index >= 15 is 0 Å². The third-order valence-corrected chi connectivity index (χ3v) is 3.09. The Hall–Kier alpha value is -1.68. The van der Waals surface area contributed by atoms with E-state index < -0.39 is 46.4 Å². The van der Waals surface area contributed by atoms with E-state index in [9.17, 15) is 22.8 Å². The van der Waals surface area contributed by atoms with Crippen molar-refractivity contribution in [1.29, 1.82) is 0 Å². The number of rotatable bonds is 9. The minimum atomic E-state index is -3.67. The van der Waals surface area contributed by atoms with Crippen molar-refractivity contribution in [3.8, 4) is 0 Å². The van der Waals surface area contributed by atoms with E-state index in [1.165, 1.54) is 0 Å². The molecule has 0 aliphatic rings. The molecule has 1 unspecified atom stereocenters. The van der Waals surface area contributed by atoms with Crippen LogP contribution in [0.2, 0.25) is 0 Å². The summed E-state index contributed by atoms with van der Waals surface area (Å²) in [6, 6.07) is -2.78. The maximum atomic E-state index is 12.0. The summed E-state index contributed by atoms with van der Waals surface area (Å²) in [5.74, 6) is -3.80. The Kier molecular flexibility index (Phi) is 7.30. The molecule has 10 heteroatoms. The molecule has 9 nitrogen and oxygen atoms in total. The summed E-state index contributed by atoms with van der Waals surface area (Å²) in [6.45, 7) is 3.52. The van der Waals surface area contributed by atoms with Crippen LogP contribution in [-0.2, 0) is 24.4 Å². The van der Waals surface area contributed by atoms with E-state index in [0.29, 0.717) is 0 Å². The highest BCUT2D eigenvalue weighted by Crippen LogP contribution is 2.07. The minimum Gasteiger partial charge on any atom is -0.481 e. The zero-order valence-electron chi connectivity index (χ0n) is 12.0. The first kappa shape index (κ1) is 19.3. The molecule has 21 heavy (non-hydrogen) atoms. The van der Waals surface area contributed by atoms with Gasteiger partial charge in [0.2, 0.25) is 15.9 Å². The smallest absolute Gasteiger partial charge is 0.326 e. The predicted octanol–water partition coefficient (Wildman–Crippen LogP) is -1.01. The number of carbonyl (C=O) groups excluding carboxylic acids is 1. The van der Waals surface area contributed by atoms with Gasteiger partial charge in [0.05, 0.1) is 12.7 Å². The summed E-state index contributed by atoms with van der Waals surface area (Å²) in [7, 11) is -3.67. The highest BCUT2D eigenvalue weighted by atomic mass is 32.2. The second-order valence-corrected chi connectivity index (χ2v) is 6.85. The molecule has 0 aliphatic carbocycles. The third kappa shape index (κ3) is 8.97. The molecule has 0 bridgehead atoms. The number of carboxylic acids is 2. The van der Waals surface area contributed by atoms with Gasteiger partial charge in [-0.2, -0.15) is 0 Å². The monoisotopic (exact) mass is 324 g/mol. The van der Waals surface area contributed by atoms with E-state index in [-0.39, 0.29) is 12.3 Å². The van der Waals surface area contributed by atoms with Crippen LogP contribution in [-0.4, -0.2) is 54.8 Å². The minimum absolute atomic E-state index is 0.0299. The van der Waals surface area contributed by atoms with Gasteiger partial charge in [-0.15, -0.1) is 0 Å². The molecule has 0 heterocycles. The molecule has 0 saturated heterocycles. The number of amides is 1. The quantitative estimate of drug-likeness (QED) is 0.424. The van der Waals surface area contributed by atoms with Crippen molar-refractivity contribution in [2.75, 3.05) is 6.26 Å². The first-order valence-corrected chi connectivity index (χ1v) is 8.03. The van der Waals surface area contributed by atoms with Crippen molar-refractivity contribution < 1.29 is 33.0 Å². The van der Waals surface area contributed by atoms with Crippen LogP contribution >= 0.6 is 0 Å². The van der Waals surface area contributed by atoms with Gasteiger partial charge in [0.25, 0.3) is 0 Å². The Balaban J connectivity index is 5.00. The maximum absolute atomic E-state index is 12.0. The molecule has 0 radical (unpaired) electrons. The Labute approximate surface area is 122 Å². The van der Waals surface area contributed by atoms with Gasteiger partial charge in [-0.05, 0) is 12.3 Å². The van der Waals surface area contributed by atoms with Gasteiger partial charge in [-0.25, -0.2) is 17.9 Å². The molecule has 0 aromatic carbocycles. The lowest BCUT2D eigenvalue weighted by molar-refractivity contribution is -0.147. The molecule has 0 spiro atoms. The van der Waals surface area contributed by atoms with Gasteiger partial charge in [-0.3, -0.25) is 9.59 Å².